The molecule has 25 heavy (non-hydrogen) atoms. The summed E-state index contributed by atoms with van der Waals surface area (Å²) in [5, 5.41) is 11.7. The first-order valence-corrected chi connectivity index (χ1v) is 7.82. The molecule has 4 aromatic rings. The van der Waals surface area contributed by atoms with Crippen molar-refractivity contribution in [1.29, 1.82) is 0 Å². The lowest BCUT2D eigenvalue weighted by Gasteiger charge is -2.04. The van der Waals surface area contributed by atoms with Crippen LogP contribution in [0.25, 0.3) is 22.0 Å². The van der Waals surface area contributed by atoms with E-state index in [4.69, 9.17) is 0 Å². The smallest absolute Gasteiger partial charge is 0.273 e. The Hall–Kier alpha value is -3.47. The molecule has 4 rings (SSSR count). The molecule has 3 aromatic carbocycles. The number of hydrogen-bond acceptors (Lipinski definition) is 2. The number of aromatic amines is 1. The fraction of sp³-hybridized carbons (Fsp3) is 0. The Labute approximate surface area is 143 Å². The van der Waals surface area contributed by atoms with Gasteiger partial charge in [0.2, 0.25) is 0 Å². The fourth-order valence-electron chi connectivity index (χ4n) is 2.78. The third-order valence-corrected chi connectivity index (χ3v) is 4.01. The zero-order chi connectivity index (χ0) is 17.2. The number of anilines is 1. The molecule has 0 aliphatic heterocycles. The van der Waals surface area contributed by atoms with Gasteiger partial charge in [-0.2, -0.15) is 5.10 Å². The normalized spacial score (nSPS) is 10.8. The summed E-state index contributed by atoms with van der Waals surface area (Å²) >= 11 is 0. The second-order valence-corrected chi connectivity index (χ2v) is 5.63. The number of nitrogens with one attached hydrogen (secondary N) is 2. The van der Waals surface area contributed by atoms with Crippen LogP contribution in [0.15, 0.2) is 72.8 Å². The number of halogens is 1. The monoisotopic (exact) mass is 331 g/mol. The lowest BCUT2D eigenvalue weighted by molar-refractivity contribution is 0.102. The number of amides is 1. The van der Waals surface area contributed by atoms with Gasteiger partial charge < -0.3 is 5.32 Å². The van der Waals surface area contributed by atoms with Crippen molar-refractivity contribution in [3.05, 3.63) is 84.3 Å². The Bertz CT molecular complexity index is 1070. The van der Waals surface area contributed by atoms with E-state index >= 15 is 0 Å². The summed E-state index contributed by atoms with van der Waals surface area (Å²) in [7, 11) is 0. The molecule has 122 valence electrons. The first-order chi connectivity index (χ1) is 12.2. The van der Waals surface area contributed by atoms with Crippen LogP contribution in [0.2, 0.25) is 0 Å². The minimum absolute atomic E-state index is 0.133. The molecule has 0 saturated carbocycles. The van der Waals surface area contributed by atoms with Crippen LogP contribution in [0.5, 0.6) is 0 Å². The molecule has 5 heteroatoms. The van der Waals surface area contributed by atoms with Crippen molar-refractivity contribution < 1.29 is 9.18 Å². The van der Waals surface area contributed by atoms with Crippen LogP contribution in [-0.4, -0.2) is 16.1 Å². The van der Waals surface area contributed by atoms with Gasteiger partial charge in [0.15, 0.2) is 0 Å². The van der Waals surface area contributed by atoms with Gasteiger partial charge in [-0.3, -0.25) is 9.89 Å². The number of nitrogens with zero attached hydrogens (tertiary/aromatic N) is 1. The molecular weight excluding hydrogens is 317 g/mol. The molecular formula is C20H14FN3O. The standard InChI is InChI=1S/C20H14FN3O/c21-16-10-3-4-11-17(16)22-20(25)19-12-18(23-24-19)15-9-5-7-13-6-1-2-8-14(13)15/h1-12H,(H,22,25)(H,23,24). The number of carbonyl (C=O) groups excluding carboxylic acids is 1. The number of aromatic nitrogens is 2. The molecule has 0 saturated heterocycles. The number of para-hydroxylation sites is 1. The van der Waals surface area contributed by atoms with Crippen LogP contribution >= 0.6 is 0 Å². The van der Waals surface area contributed by atoms with Gasteiger partial charge in [0.05, 0.1) is 11.4 Å². The van der Waals surface area contributed by atoms with Crippen LogP contribution in [0.4, 0.5) is 10.1 Å². The molecule has 1 aromatic heterocycles. The highest BCUT2D eigenvalue weighted by Crippen LogP contribution is 2.27. The Kier molecular flexibility index (Phi) is 3.74. The molecule has 0 aliphatic carbocycles. The number of H-pyrrole nitrogens is 1. The maximum atomic E-state index is 13.7. The quantitative estimate of drug-likeness (QED) is 0.575. The topological polar surface area (TPSA) is 57.8 Å². The molecule has 0 fully saturated rings. The minimum Gasteiger partial charge on any atom is -0.318 e. The van der Waals surface area contributed by atoms with Gasteiger partial charge in [-0.05, 0) is 29.0 Å². The van der Waals surface area contributed by atoms with Gasteiger partial charge in [0.1, 0.15) is 11.5 Å². The summed E-state index contributed by atoms with van der Waals surface area (Å²) in [5.41, 5.74) is 2.00. The summed E-state index contributed by atoms with van der Waals surface area (Å²) in [6, 6.07) is 21.6. The predicted molar refractivity (Wildman–Crippen MR) is 95.9 cm³/mol. The van der Waals surface area contributed by atoms with Gasteiger partial charge >= 0.3 is 0 Å². The maximum absolute atomic E-state index is 13.7. The van der Waals surface area contributed by atoms with Crippen molar-refractivity contribution in [3.8, 4) is 11.3 Å². The average molecular weight is 331 g/mol. The van der Waals surface area contributed by atoms with Gasteiger partial charge in [-0.15, -0.1) is 0 Å². The van der Waals surface area contributed by atoms with E-state index in [0.717, 1.165) is 16.3 Å². The van der Waals surface area contributed by atoms with E-state index in [1.807, 2.05) is 42.5 Å². The number of hydrogen-bond donors (Lipinski definition) is 2. The van der Waals surface area contributed by atoms with Crippen LogP contribution in [0.1, 0.15) is 10.5 Å². The molecule has 2 N–H and O–H groups in total. The molecule has 1 amide bonds. The number of fused-ring (bicyclic) bond motifs is 1. The van der Waals surface area contributed by atoms with Crippen molar-refractivity contribution in [2.45, 2.75) is 0 Å². The molecule has 0 spiro atoms. The van der Waals surface area contributed by atoms with E-state index in [9.17, 15) is 9.18 Å². The van der Waals surface area contributed by atoms with Crippen molar-refractivity contribution >= 4 is 22.4 Å². The lowest BCUT2D eigenvalue weighted by Crippen LogP contribution is -2.13. The van der Waals surface area contributed by atoms with Gasteiger partial charge in [0.25, 0.3) is 5.91 Å². The number of benzene rings is 3. The van der Waals surface area contributed by atoms with Gasteiger partial charge in [-0.1, -0.05) is 54.6 Å². The fourth-order valence-corrected chi connectivity index (χ4v) is 2.78. The van der Waals surface area contributed by atoms with E-state index < -0.39 is 11.7 Å². The van der Waals surface area contributed by atoms with Crippen LogP contribution in [-0.2, 0) is 0 Å². The lowest BCUT2D eigenvalue weighted by atomic mass is 10.0. The first kappa shape index (κ1) is 15.1. The van der Waals surface area contributed by atoms with E-state index in [-0.39, 0.29) is 11.4 Å². The molecule has 0 bridgehead atoms. The van der Waals surface area contributed by atoms with Crippen LogP contribution in [0, 0.1) is 5.82 Å². The molecule has 0 aliphatic rings. The SMILES string of the molecule is O=C(Nc1ccccc1F)c1cc(-c2cccc3ccccc23)n[nH]1. The average Bonchev–Trinajstić information content (AvgIpc) is 3.13. The number of carbonyl (C=O) groups is 1. The molecule has 0 atom stereocenters. The van der Waals surface area contributed by atoms with E-state index in [0.29, 0.717) is 5.69 Å². The highest BCUT2D eigenvalue weighted by atomic mass is 19.1. The summed E-state index contributed by atoms with van der Waals surface area (Å²) < 4.78 is 13.7. The van der Waals surface area contributed by atoms with Crippen LogP contribution in [0.3, 0.4) is 0 Å². The Balaban J connectivity index is 1.66. The molecule has 0 radical (unpaired) electrons. The van der Waals surface area contributed by atoms with E-state index in [2.05, 4.69) is 15.5 Å². The minimum atomic E-state index is -0.482. The largest absolute Gasteiger partial charge is 0.318 e. The summed E-state index contributed by atoms with van der Waals surface area (Å²) in [6.07, 6.45) is 0. The molecule has 1 heterocycles. The summed E-state index contributed by atoms with van der Waals surface area (Å²) in [5.74, 6) is -0.922. The van der Waals surface area contributed by atoms with Crippen molar-refractivity contribution in [1.82, 2.24) is 10.2 Å². The molecule has 4 nitrogen and oxygen atoms in total. The van der Waals surface area contributed by atoms with E-state index in [1.165, 1.54) is 12.1 Å². The van der Waals surface area contributed by atoms with Crippen molar-refractivity contribution in [2.75, 3.05) is 5.32 Å². The Morgan fingerprint density at radius 3 is 2.60 bits per heavy atom. The van der Waals surface area contributed by atoms with Gasteiger partial charge in [0, 0.05) is 5.56 Å². The number of rotatable bonds is 3. The second-order valence-electron chi connectivity index (χ2n) is 5.63. The highest BCUT2D eigenvalue weighted by molar-refractivity contribution is 6.04. The zero-order valence-electron chi connectivity index (χ0n) is 13.2. The van der Waals surface area contributed by atoms with Crippen molar-refractivity contribution in [3.63, 3.8) is 0 Å². The highest BCUT2D eigenvalue weighted by Gasteiger charge is 2.14. The summed E-state index contributed by atoms with van der Waals surface area (Å²) in [4.78, 5) is 12.3. The van der Waals surface area contributed by atoms with Crippen LogP contribution < -0.4 is 5.32 Å². The summed E-state index contributed by atoms with van der Waals surface area (Å²) in [6.45, 7) is 0. The first-order valence-electron chi connectivity index (χ1n) is 7.82. The molecule has 0 unspecified atom stereocenters. The Morgan fingerprint density at radius 2 is 1.72 bits per heavy atom. The second kappa shape index (κ2) is 6.20. The maximum Gasteiger partial charge on any atom is 0.273 e. The van der Waals surface area contributed by atoms with Crippen molar-refractivity contribution in [2.24, 2.45) is 0 Å². The zero-order valence-corrected chi connectivity index (χ0v) is 13.2. The predicted octanol–water partition coefficient (Wildman–Crippen LogP) is 4.62. The van der Waals surface area contributed by atoms with E-state index in [1.54, 1.807) is 18.2 Å². The third kappa shape index (κ3) is 2.87. The van der Waals surface area contributed by atoms with Gasteiger partial charge in [-0.25, -0.2) is 4.39 Å². The third-order valence-electron chi connectivity index (χ3n) is 4.01. The Morgan fingerprint density at radius 1 is 0.960 bits per heavy atom.